The summed E-state index contributed by atoms with van der Waals surface area (Å²) < 4.78 is 10.9. The molecule has 0 N–H and O–H groups in total. The minimum atomic E-state index is -1.40. The zero-order valence-corrected chi connectivity index (χ0v) is 13.1. The van der Waals surface area contributed by atoms with E-state index in [1.54, 1.807) is 14.2 Å². The van der Waals surface area contributed by atoms with Crippen LogP contribution in [0.3, 0.4) is 0 Å². The first-order valence-corrected chi connectivity index (χ1v) is 8.78. The molecule has 0 saturated carbocycles. The van der Waals surface area contributed by atoms with Gasteiger partial charge in [-0.05, 0) is 44.3 Å². The highest BCUT2D eigenvalue weighted by molar-refractivity contribution is 6.44. The molecule has 2 atom stereocenters. The molecule has 4 heteroatoms. The summed E-state index contributed by atoms with van der Waals surface area (Å²) in [5.74, 6) is 0.690. The summed E-state index contributed by atoms with van der Waals surface area (Å²) in [6, 6.07) is 1.85. The van der Waals surface area contributed by atoms with Crippen LogP contribution in [0.2, 0.25) is 6.04 Å². The molecule has 1 rings (SSSR count). The molecule has 0 radical (unpaired) electrons. The molecule has 0 aromatic heterocycles. The van der Waals surface area contributed by atoms with E-state index in [9.17, 15) is 0 Å². The van der Waals surface area contributed by atoms with E-state index in [4.69, 9.17) is 8.85 Å². The van der Waals surface area contributed by atoms with E-state index in [-0.39, 0.29) is 0 Å². The van der Waals surface area contributed by atoms with Crippen LogP contribution in [0.1, 0.15) is 39.5 Å². The average molecular weight is 259 g/mol. The van der Waals surface area contributed by atoms with Gasteiger partial charge in [0.15, 0.2) is 0 Å². The van der Waals surface area contributed by atoms with Gasteiger partial charge in [0.2, 0.25) is 0 Å². The van der Waals surface area contributed by atoms with Crippen molar-refractivity contribution >= 4 is 9.28 Å². The maximum absolute atomic E-state index is 5.45. The number of rotatable bonds is 7. The van der Waals surface area contributed by atoms with E-state index in [1.807, 2.05) is 0 Å². The van der Waals surface area contributed by atoms with Crippen molar-refractivity contribution in [3.8, 4) is 0 Å². The molecule has 1 heterocycles. The molecule has 17 heavy (non-hydrogen) atoms. The molecule has 2 unspecified atom stereocenters. The van der Waals surface area contributed by atoms with Gasteiger partial charge in [-0.2, -0.15) is 0 Å². The van der Waals surface area contributed by atoms with Gasteiger partial charge in [0, 0.05) is 20.3 Å². The minimum absolute atomic E-state index is 0.690. The Morgan fingerprint density at radius 1 is 1.12 bits per heavy atom. The van der Waals surface area contributed by atoms with Gasteiger partial charge in [-0.15, -0.1) is 0 Å². The van der Waals surface area contributed by atoms with Crippen LogP contribution in [-0.4, -0.2) is 47.5 Å². The van der Waals surface area contributed by atoms with Crippen LogP contribution in [0.4, 0.5) is 0 Å². The standard InChI is InChI=1S/C13H29NO2Si/c1-5-13(14-9-7-6-8-10-14)12(2)11-17(15-3)16-4/h12-13,17H,5-11H2,1-4H3. The summed E-state index contributed by atoms with van der Waals surface area (Å²) in [6.45, 7) is 7.25. The first-order chi connectivity index (χ1) is 8.22. The van der Waals surface area contributed by atoms with E-state index < -0.39 is 9.28 Å². The second-order valence-corrected chi connectivity index (χ2v) is 7.46. The van der Waals surface area contributed by atoms with Gasteiger partial charge in [-0.3, -0.25) is 0 Å². The Morgan fingerprint density at radius 3 is 2.18 bits per heavy atom. The molecule has 1 saturated heterocycles. The Bertz CT molecular complexity index is 194. The van der Waals surface area contributed by atoms with Crippen molar-refractivity contribution in [3.05, 3.63) is 0 Å². The summed E-state index contributed by atoms with van der Waals surface area (Å²) in [6.07, 6.45) is 5.40. The van der Waals surface area contributed by atoms with Crippen LogP contribution in [0.5, 0.6) is 0 Å². The number of piperidine rings is 1. The lowest BCUT2D eigenvalue weighted by Gasteiger charge is -2.38. The monoisotopic (exact) mass is 259 g/mol. The highest BCUT2D eigenvalue weighted by Crippen LogP contribution is 2.23. The summed E-state index contributed by atoms with van der Waals surface area (Å²) in [5, 5.41) is 0. The zero-order valence-electron chi connectivity index (χ0n) is 11.9. The lowest BCUT2D eigenvalue weighted by atomic mass is 9.97. The van der Waals surface area contributed by atoms with Crippen molar-refractivity contribution < 1.29 is 8.85 Å². The van der Waals surface area contributed by atoms with Crippen LogP contribution < -0.4 is 0 Å². The molecule has 102 valence electrons. The fourth-order valence-corrected chi connectivity index (χ4v) is 4.52. The molecule has 0 bridgehead atoms. The average Bonchev–Trinajstić information content (AvgIpc) is 2.38. The van der Waals surface area contributed by atoms with Gasteiger partial charge in [-0.25, -0.2) is 0 Å². The van der Waals surface area contributed by atoms with Crippen molar-refractivity contribution in [2.24, 2.45) is 5.92 Å². The van der Waals surface area contributed by atoms with Gasteiger partial charge in [0.25, 0.3) is 0 Å². The first kappa shape index (κ1) is 15.2. The second-order valence-electron chi connectivity index (χ2n) is 5.19. The smallest absolute Gasteiger partial charge is 0.321 e. The van der Waals surface area contributed by atoms with E-state index in [1.165, 1.54) is 38.8 Å². The van der Waals surface area contributed by atoms with Gasteiger partial charge < -0.3 is 13.8 Å². The summed E-state index contributed by atoms with van der Waals surface area (Å²) in [5.41, 5.74) is 0. The third kappa shape index (κ3) is 4.70. The SMILES string of the molecule is CCC(C(C)C[SiH](OC)OC)N1CCCCC1. The Kier molecular flexibility index (Phi) is 7.35. The van der Waals surface area contributed by atoms with Crippen LogP contribution >= 0.6 is 0 Å². The fraction of sp³-hybridized carbons (Fsp3) is 1.00. The largest absolute Gasteiger partial charge is 0.400 e. The van der Waals surface area contributed by atoms with Crippen molar-refractivity contribution in [1.82, 2.24) is 4.90 Å². The number of hydrogen-bond donors (Lipinski definition) is 0. The highest BCUT2D eigenvalue weighted by Gasteiger charge is 2.27. The van der Waals surface area contributed by atoms with E-state index >= 15 is 0 Å². The van der Waals surface area contributed by atoms with Gasteiger partial charge in [-0.1, -0.05) is 20.3 Å². The Labute approximate surface area is 108 Å². The molecular weight excluding hydrogens is 230 g/mol. The lowest BCUT2D eigenvalue weighted by Crippen LogP contribution is -2.43. The number of likely N-dealkylation sites (tertiary alicyclic amines) is 1. The minimum Gasteiger partial charge on any atom is -0.400 e. The molecule has 1 aliphatic heterocycles. The van der Waals surface area contributed by atoms with Crippen molar-refractivity contribution in [2.45, 2.75) is 51.6 Å². The molecule has 1 aliphatic rings. The Hall–Kier alpha value is 0.0969. The van der Waals surface area contributed by atoms with Crippen LogP contribution in [0.15, 0.2) is 0 Å². The molecular formula is C13H29NO2Si. The molecule has 1 fully saturated rings. The number of hydrogen-bond acceptors (Lipinski definition) is 3. The van der Waals surface area contributed by atoms with Crippen LogP contribution in [-0.2, 0) is 8.85 Å². The van der Waals surface area contributed by atoms with Crippen molar-refractivity contribution in [3.63, 3.8) is 0 Å². The maximum Gasteiger partial charge on any atom is 0.321 e. The van der Waals surface area contributed by atoms with Gasteiger partial charge >= 0.3 is 9.28 Å². The summed E-state index contributed by atoms with van der Waals surface area (Å²) >= 11 is 0. The topological polar surface area (TPSA) is 21.7 Å². The Balaban J connectivity index is 2.46. The summed E-state index contributed by atoms with van der Waals surface area (Å²) in [4.78, 5) is 2.69. The highest BCUT2D eigenvalue weighted by atomic mass is 28.3. The van der Waals surface area contributed by atoms with E-state index in [2.05, 4.69) is 18.7 Å². The molecule has 0 aromatic rings. The molecule has 3 nitrogen and oxygen atoms in total. The molecule has 0 spiro atoms. The lowest BCUT2D eigenvalue weighted by molar-refractivity contribution is 0.120. The predicted octanol–water partition coefficient (Wildman–Crippen LogP) is 2.40. The first-order valence-electron chi connectivity index (χ1n) is 7.02. The second kappa shape index (κ2) is 8.24. The third-order valence-electron chi connectivity index (χ3n) is 4.02. The molecule has 0 aliphatic carbocycles. The number of nitrogens with zero attached hydrogens (tertiary/aromatic N) is 1. The predicted molar refractivity (Wildman–Crippen MR) is 74.6 cm³/mol. The normalized spacial score (nSPS) is 21.7. The van der Waals surface area contributed by atoms with E-state index in [0.29, 0.717) is 5.92 Å². The van der Waals surface area contributed by atoms with Crippen LogP contribution in [0.25, 0.3) is 0 Å². The van der Waals surface area contributed by atoms with Crippen molar-refractivity contribution in [1.29, 1.82) is 0 Å². The quantitative estimate of drug-likeness (QED) is 0.655. The maximum atomic E-state index is 5.45. The molecule has 0 amide bonds. The zero-order chi connectivity index (χ0) is 12.7. The molecule has 0 aromatic carbocycles. The third-order valence-corrected chi connectivity index (χ3v) is 6.20. The van der Waals surface area contributed by atoms with Gasteiger partial charge in [0.05, 0.1) is 0 Å². The Morgan fingerprint density at radius 2 is 1.71 bits per heavy atom. The fourth-order valence-electron chi connectivity index (χ4n) is 3.02. The van der Waals surface area contributed by atoms with Crippen LogP contribution in [0, 0.1) is 5.92 Å². The summed E-state index contributed by atoms with van der Waals surface area (Å²) in [7, 11) is 2.17. The van der Waals surface area contributed by atoms with Gasteiger partial charge in [0.1, 0.15) is 0 Å². The van der Waals surface area contributed by atoms with Crippen molar-refractivity contribution in [2.75, 3.05) is 27.3 Å². The van der Waals surface area contributed by atoms with E-state index in [0.717, 1.165) is 12.1 Å².